The van der Waals surface area contributed by atoms with Crippen LogP contribution in [0, 0.1) is 0 Å². The number of nitrogens with one attached hydrogen (secondary N) is 1. The van der Waals surface area contributed by atoms with Crippen molar-refractivity contribution in [2.45, 2.75) is 44.6 Å². The van der Waals surface area contributed by atoms with E-state index in [-0.39, 0.29) is 11.4 Å². The van der Waals surface area contributed by atoms with Crippen LogP contribution in [0.25, 0.3) is 0 Å². The molecule has 0 bridgehead atoms. The van der Waals surface area contributed by atoms with Gasteiger partial charge in [0.05, 0.1) is 0 Å². The van der Waals surface area contributed by atoms with Crippen molar-refractivity contribution in [1.29, 1.82) is 0 Å². The van der Waals surface area contributed by atoms with Crippen molar-refractivity contribution >= 4 is 11.6 Å². The zero-order valence-electron chi connectivity index (χ0n) is 10.3. The van der Waals surface area contributed by atoms with Crippen LogP contribution >= 0.6 is 0 Å². The molecular weight excluding hydrogens is 212 g/mol. The Balaban J connectivity index is 2.03. The molecule has 0 saturated heterocycles. The topological polar surface area (TPSA) is 55.1 Å². The molecule has 3 N–H and O–H groups in total. The Morgan fingerprint density at radius 3 is 2.35 bits per heavy atom. The van der Waals surface area contributed by atoms with Crippen molar-refractivity contribution < 1.29 is 4.79 Å². The summed E-state index contributed by atoms with van der Waals surface area (Å²) in [5.41, 5.74) is 6.95. The van der Waals surface area contributed by atoms with Crippen molar-refractivity contribution in [3.63, 3.8) is 0 Å². The first-order valence-electron chi connectivity index (χ1n) is 6.27. The molecule has 1 aromatic carbocycles. The van der Waals surface area contributed by atoms with Gasteiger partial charge in [0.2, 0.25) is 0 Å². The van der Waals surface area contributed by atoms with Crippen LogP contribution in [0.5, 0.6) is 0 Å². The Morgan fingerprint density at radius 1 is 1.18 bits per heavy atom. The van der Waals surface area contributed by atoms with Crippen LogP contribution in [-0.2, 0) is 0 Å². The number of nitrogen functional groups attached to an aromatic ring is 1. The fraction of sp³-hybridized carbons (Fsp3) is 0.500. The quantitative estimate of drug-likeness (QED) is 0.770. The number of rotatable bonds is 2. The van der Waals surface area contributed by atoms with Gasteiger partial charge >= 0.3 is 0 Å². The fourth-order valence-electron chi connectivity index (χ4n) is 2.44. The van der Waals surface area contributed by atoms with Gasteiger partial charge in [0.15, 0.2) is 0 Å². The summed E-state index contributed by atoms with van der Waals surface area (Å²) < 4.78 is 0. The van der Waals surface area contributed by atoms with Gasteiger partial charge in [-0.3, -0.25) is 4.79 Å². The number of amides is 1. The summed E-state index contributed by atoms with van der Waals surface area (Å²) in [6.45, 7) is 2.14. The standard InChI is InChI=1S/C14H20N2O/c1-14(9-3-2-4-10-14)16-13(17)11-5-7-12(15)8-6-11/h5-8H,2-4,9-10,15H2,1H3,(H,16,17). The summed E-state index contributed by atoms with van der Waals surface area (Å²) in [6.07, 6.45) is 5.85. The van der Waals surface area contributed by atoms with E-state index in [2.05, 4.69) is 12.2 Å². The van der Waals surface area contributed by atoms with Gasteiger partial charge in [0.1, 0.15) is 0 Å². The van der Waals surface area contributed by atoms with Crippen LogP contribution in [-0.4, -0.2) is 11.4 Å². The van der Waals surface area contributed by atoms with Crippen LogP contribution in [0.15, 0.2) is 24.3 Å². The maximum absolute atomic E-state index is 12.1. The highest BCUT2D eigenvalue weighted by Gasteiger charge is 2.28. The molecule has 0 aromatic heterocycles. The smallest absolute Gasteiger partial charge is 0.251 e. The molecule has 1 aromatic rings. The number of hydrogen-bond acceptors (Lipinski definition) is 2. The van der Waals surface area contributed by atoms with Crippen LogP contribution in [0.2, 0.25) is 0 Å². The van der Waals surface area contributed by atoms with Gasteiger partial charge in [0, 0.05) is 16.8 Å². The molecule has 0 heterocycles. The summed E-state index contributed by atoms with van der Waals surface area (Å²) in [5.74, 6) is 0.00870. The maximum Gasteiger partial charge on any atom is 0.251 e. The van der Waals surface area contributed by atoms with E-state index < -0.39 is 0 Å². The summed E-state index contributed by atoms with van der Waals surface area (Å²) in [6, 6.07) is 7.07. The number of nitrogens with two attached hydrogens (primary N) is 1. The predicted molar refractivity (Wildman–Crippen MR) is 69.8 cm³/mol. The molecule has 1 aliphatic carbocycles. The molecule has 1 saturated carbocycles. The Bertz CT molecular complexity index is 391. The first-order valence-corrected chi connectivity index (χ1v) is 6.27. The lowest BCUT2D eigenvalue weighted by Gasteiger charge is -2.34. The van der Waals surface area contributed by atoms with Crippen molar-refractivity contribution in [3.8, 4) is 0 Å². The van der Waals surface area contributed by atoms with E-state index in [1.165, 1.54) is 19.3 Å². The van der Waals surface area contributed by atoms with Crippen LogP contribution in [0.1, 0.15) is 49.4 Å². The van der Waals surface area contributed by atoms with E-state index in [9.17, 15) is 4.79 Å². The number of carbonyl (C=O) groups is 1. The van der Waals surface area contributed by atoms with Crippen LogP contribution in [0.4, 0.5) is 5.69 Å². The third-order valence-electron chi connectivity index (χ3n) is 3.55. The minimum absolute atomic E-state index is 0.00870. The highest BCUT2D eigenvalue weighted by Crippen LogP contribution is 2.27. The van der Waals surface area contributed by atoms with E-state index >= 15 is 0 Å². The van der Waals surface area contributed by atoms with Gasteiger partial charge in [-0.2, -0.15) is 0 Å². The minimum Gasteiger partial charge on any atom is -0.399 e. The Morgan fingerprint density at radius 2 is 1.76 bits per heavy atom. The summed E-state index contributed by atoms with van der Waals surface area (Å²) >= 11 is 0. The zero-order valence-corrected chi connectivity index (χ0v) is 10.3. The van der Waals surface area contributed by atoms with E-state index in [0.29, 0.717) is 11.3 Å². The maximum atomic E-state index is 12.1. The van der Waals surface area contributed by atoms with Crippen LogP contribution in [0.3, 0.4) is 0 Å². The average Bonchev–Trinajstić information content (AvgIpc) is 2.30. The second-order valence-electron chi connectivity index (χ2n) is 5.20. The number of carbonyl (C=O) groups excluding carboxylic acids is 1. The molecule has 17 heavy (non-hydrogen) atoms. The lowest BCUT2D eigenvalue weighted by atomic mass is 9.83. The molecule has 2 rings (SSSR count). The van der Waals surface area contributed by atoms with Crippen LogP contribution < -0.4 is 11.1 Å². The summed E-state index contributed by atoms with van der Waals surface area (Å²) in [7, 11) is 0. The molecule has 3 heteroatoms. The Hall–Kier alpha value is -1.51. The minimum atomic E-state index is -0.0310. The van der Waals surface area contributed by atoms with Crippen molar-refractivity contribution in [1.82, 2.24) is 5.32 Å². The predicted octanol–water partition coefficient (Wildman–Crippen LogP) is 2.72. The molecule has 1 fully saturated rings. The molecule has 0 radical (unpaired) electrons. The molecule has 1 aliphatic rings. The zero-order chi connectivity index (χ0) is 12.3. The van der Waals surface area contributed by atoms with Crippen molar-refractivity contribution in [2.75, 3.05) is 5.73 Å². The lowest BCUT2D eigenvalue weighted by Crippen LogP contribution is -2.47. The number of anilines is 1. The fourth-order valence-corrected chi connectivity index (χ4v) is 2.44. The largest absolute Gasteiger partial charge is 0.399 e. The second kappa shape index (κ2) is 4.78. The SMILES string of the molecule is CC1(NC(=O)c2ccc(N)cc2)CCCCC1. The summed E-state index contributed by atoms with van der Waals surface area (Å²) in [5, 5.41) is 3.15. The third-order valence-corrected chi connectivity index (χ3v) is 3.55. The van der Waals surface area contributed by atoms with Crippen molar-refractivity contribution in [2.24, 2.45) is 0 Å². The average molecular weight is 232 g/mol. The van der Waals surface area contributed by atoms with Gasteiger partial charge in [-0.1, -0.05) is 19.3 Å². The normalized spacial score (nSPS) is 18.6. The summed E-state index contributed by atoms with van der Waals surface area (Å²) in [4.78, 5) is 12.1. The first-order chi connectivity index (χ1) is 8.09. The Kier molecular flexibility index (Phi) is 3.36. The molecule has 1 amide bonds. The second-order valence-corrected chi connectivity index (χ2v) is 5.20. The molecule has 0 aliphatic heterocycles. The first kappa shape index (κ1) is 12.0. The van der Waals surface area contributed by atoms with Gasteiger partial charge in [-0.25, -0.2) is 0 Å². The van der Waals surface area contributed by atoms with Crippen molar-refractivity contribution in [3.05, 3.63) is 29.8 Å². The van der Waals surface area contributed by atoms with Gasteiger partial charge in [-0.15, -0.1) is 0 Å². The van der Waals surface area contributed by atoms with Gasteiger partial charge in [-0.05, 0) is 44.0 Å². The molecular formula is C14H20N2O. The lowest BCUT2D eigenvalue weighted by molar-refractivity contribution is 0.0883. The molecule has 0 atom stereocenters. The van der Waals surface area contributed by atoms with E-state index in [4.69, 9.17) is 5.73 Å². The van der Waals surface area contributed by atoms with E-state index in [1.807, 2.05) is 0 Å². The monoisotopic (exact) mass is 232 g/mol. The third kappa shape index (κ3) is 2.99. The Labute approximate surface area is 102 Å². The van der Waals surface area contributed by atoms with Gasteiger partial charge < -0.3 is 11.1 Å². The van der Waals surface area contributed by atoms with E-state index in [0.717, 1.165) is 12.8 Å². The highest BCUT2D eigenvalue weighted by molar-refractivity contribution is 5.94. The number of benzene rings is 1. The van der Waals surface area contributed by atoms with Gasteiger partial charge in [0.25, 0.3) is 5.91 Å². The molecule has 3 nitrogen and oxygen atoms in total. The molecule has 92 valence electrons. The molecule has 0 unspecified atom stereocenters. The molecule has 0 spiro atoms. The highest BCUT2D eigenvalue weighted by atomic mass is 16.1. The van der Waals surface area contributed by atoms with E-state index in [1.54, 1.807) is 24.3 Å². The number of hydrogen-bond donors (Lipinski definition) is 2.